The minimum absolute atomic E-state index is 0. The zero-order valence-electron chi connectivity index (χ0n) is 19.2. The molecule has 2 aliphatic carbocycles. The summed E-state index contributed by atoms with van der Waals surface area (Å²) < 4.78 is 1.24. The van der Waals surface area contributed by atoms with Crippen molar-refractivity contribution in [3.05, 3.63) is 56.2 Å². The van der Waals surface area contributed by atoms with Gasteiger partial charge in [-0.05, 0) is 0 Å². The van der Waals surface area contributed by atoms with Crippen molar-refractivity contribution in [1.29, 1.82) is 0 Å². The molecule has 0 radical (unpaired) electrons. The summed E-state index contributed by atoms with van der Waals surface area (Å²) in [7, 11) is 0. The van der Waals surface area contributed by atoms with E-state index in [9.17, 15) is 0 Å². The van der Waals surface area contributed by atoms with Gasteiger partial charge in [-0.3, -0.25) is 0 Å². The van der Waals surface area contributed by atoms with Gasteiger partial charge in [-0.2, -0.15) is 0 Å². The van der Waals surface area contributed by atoms with Crippen LogP contribution in [0.4, 0.5) is 0 Å². The van der Waals surface area contributed by atoms with Gasteiger partial charge in [0.2, 0.25) is 0 Å². The van der Waals surface area contributed by atoms with Crippen molar-refractivity contribution in [3.8, 4) is 0 Å². The van der Waals surface area contributed by atoms with Gasteiger partial charge in [0.1, 0.15) is 0 Å². The van der Waals surface area contributed by atoms with E-state index in [1.165, 1.54) is 42.5 Å². The van der Waals surface area contributed by atoms with Gasteiger partial charge in [-0.1, -0.05) is 0 Å². The van der Waals surface area contributed by atoms with E-state index >= 15 is 0 Å². The molecule has 0 amide bonds. The van der Waals surface area contributed by atoms with E-state index in [2.05, 4.69) is 75.3 Å². The Morgan fingerprint density at radius 3 is 1.07 bits per heavy atom. The van der Waals surface area contributed by atoms with Crippen LogP contribution < -0.4 is 62.0 Å². The van der Waals surface area contributed by atoms with Crippen LogP contribution in [0.5, 0.6) is 0 Å². The van der Waals surface area contributed by atoms with Crippen molar-refractivity contribution in [3.63, 3.8) is 0 Å². The van der Waals surface area contributed by atoms with Crippen LogP contribution in [-0.2, 0) is 0 Å². The first-order valence-corrected chi connectivity index (χ1v) is 12.0. The fraction of sp³-hybridized carbons (Fsp3) is 0.565. The molecule has 0 aromatic rings. The Bertz CT molecular complexity index is 702. The molecule has 0 unspecified atom stereocenters. The molecule has 29 heavy (non-hydrogen) atoms. The molecule has 0 aliphatic heterocycles. The molecule has 0 spiro atoms. The largest absolute Gasteiger partial charge is 1.00 e. The Kier molecular flexibility index (Phi) is 16.9. The Labute approximate surface area is 229 Å². The molecule has 0 saturated carbocycles. The third-order valence-electron chi connectivity index (χ3n) is 6.97. The monoisotopic (exact) mass is 722 g/mol. The van der Waals surface area contributed by atoms with Crippen LogP contribution in [0.25, 0.3) is 0 Å². The van der Waals surface area contributed by atoms with Crippen LogP contribution in [0, 0.1) is 40.3 Å². The van der Waals surface area contributed by atoms with Gasteiger partial charge in [0.25, 0.3) is 0 Å². The van der Waals surface area contributed by atoms with Gasteiger partial charge in [0, 0.05) is 0 Å². The number of halogens is 5. The maximum atomic E-state index is 2.55. The Morgan fingerprint density at radius 2 is 0.897 bits per heavy atom. The standard InChI is InChI=1S/C23H33.5ClH.U/c1-12-19(20-15(4)13(2)17(6)22(20,8)9)21-16(5)14(3)18(7)23(21,10)11;;;;;;/h12H,1H2,2-11H3;5*1H;/q;;;;;;+5/p-5. The van der Waals surface area contributed by atoms with E-state index in [-0.39, 0.29) is 72.9 Å². The summed E-state index contributed by atoms with van der Waals surface area (Å²) in [6, 6.07) is 0. The van der Waals surface area contributed by atoms with Gasteiger partial charge in [0.15, 0.2) is 0 Å². The first-order chi connectivity index (χ1) is 10.9. The minimum Gasteiger partial charge on any atom is -1.00 e. The van der Waals surface area contributed by atoms with E-state index in [1.54, 1.807) is 11.1 Å². The zero-order valence-corrected chi connectivity index (χ0v) is 27.1. The average molecular weight is 725 g/mol. The Balaban J connectivity index is -0.000000625. The van der Waals surface area contributed by atoms with Crippen LogP contribution in [0.1, 0.15) is 69.2 Å². The molecule has 0 atom stereocenters. The topological polar surface area (TPSA) is 0 Å². The number of hydrogen-bond donors (Lipinski definition) is 0. The molecular weight excluding hydrogens is 692 g/mol. The second-order valence-electron chi connectivity index (χ2n) is 8.57. The number of allylic oxidation sites excluding steroid dienone is 10. The van der Waals surface area contributed by atoms with Crippen LogP contribution in [0.3, 0.4) is 0 Å². The van der Waals surface area contributed by atoms with Gasteiger partial charge < -0.3 is 62.0 Å². The van der Waals surface area contributed by atoms with E-state index in [4.69, 9.17) is 0 Å². The predicted molar refractivity (Wildman–Crippen MR) is 103 cm³/mol. The second kappa shape index (κ2) is 13.0. The summed E-state index contributed by atoms with van der Waals surface area (Å²) in [4.78, 5) is 0. The molecule has 0 nitrogen and oxygen atoms in total. The number of hydrogen-bond acceptors (Lipinski definition) is 0. The summed E-state index contributed by atoms with van der Waals surface area (Å²) in [5, 5.41) is 0. The summed E-state index contributed by atoms with van der Waals surface area (Å²) in [5.74, 6) is 0. The van der Waals surface area contributed by atoms with Crippen molar-refractivity contribution in [2.75, 3.05) is 0 Å². The van der Waals surface area contributed by atoms with E-state index in [0.29, 0.717) is 0 Å². The van der Waals surface area contributed by atoms with Crippen molar-refractivity contribution < 1.29 is 91.5 Å². The SMILES string of the molecule is CC1=C(C)C(C)(C)C(C(=C[CH2][U+5])C2=C(C)C(C)=C(C)C2(C)C)=C1C.[Cl-].[Cl-].[Cl-].[Cl-].[Cl-]. The van der Waals surface area contributed by atoms with Crippen molar-refractivity contribution in [1.82, 2.24) is 0 Å². The normalized spacial score (nSPS) is 19.0. The van der Waals surface area contributed by atoms with Gasteiger partial charge in [0.05, 0.1) is 0 Å². The van der Waals surface area contributed by atoms with Crippen molar-refractivity contribution in [2.45, 2.75) is 72.7 Å². The maximum Gasteiger partial charge on any atom is -1.00 e. The first kappa shape index (κ1) is 37.5. The third-order valence-corrected chi connectivity index (χ3v) is 7.82. The molecule has 0 aromatic heterocycles. The molecule has 0 bridgehead atoms. The van der Waals surface area contributed by atoms with Gasteiger partial charge >= 0.3 is 169 Å². The summed E-state index contributed by atoms with van der Waals surface area (Å²) in [6.07, 6.45) is 2.55. The van der Waals surface area contributed by atoms with Gasteiger partial charge in [-0.15, -0.1) is 0 Å². The molecular formula is C23H33Cl5U. The number of rotatable bonds is 3. The van der Waals surface area contributed by atoms with Crippen molar-refractivity contribution >= 4 is 0 Å². The average Bonchev–Trinajstić information content (AvgIpc) is 2.74. The predicted octanol–water partition coefficient (Wildman–Crippen LogP) is -7.71. The van der Waals surface area contributed by atoms with E-state index in [1.807, 2.05) is 0 Å². The third kappa shape index (κ3) is 5.96. The summed E-state index contributed by atoms with van der Waals surface area (Å²) >= 11 is 0.993. The Hall–Kier alpha value is 1.20. The van der Waals surface area contributed by atoms with E-state index in [0.717, 1.165) is 29.4 Å². The van der Waals surface area contributed by atoms with Crippen LogP contribution in [-0.4, -0.2) is 0 Å². The smallest absolute Gasteiger partial charge is 1.00 e. The molecule has 6 heteroatoms. The van der Waals surface area contributed by atoms with Crippen LogP contribution in [0.2, 0.25) is 3.45 Å². The van der Waals surface area contributed by atoms with Crippen LogP contribution in [0.15, 0.2) is 56.2 Å². The molecule has 0 fully saturated rings. The summed E-state index contributed by atoms with van der Waals surface area (Å²) in [5.41, 5.74) is 14.0. The van der Waals surface area contributed by atoms with Crippen LogP contribution >= 0.6 is 0 Å². The Morgan fingerprint density at radius 1 is 0.621 bits per heavy atom. The first-order valence-electron chi connectivity index (χ1n) is 9.05. The van der Waals surface area contributed by atoms with E-state index < -0.39 is 0 Å². The molecule has 0 aromatic carbocycles. The molecule has 2 aliphatic rings. The minimum atomic E-state index is 0. The maximum absolute atomic E-state index is 2.55. The molecule has 0 heterocycles. The molecule has 2 rings (SSSR count). The fourth-order valence-electron chi connectivity index (χ4n) is 4.70. The quantitative estimate of drug-likeness (QED) is 0.272. The second-order valence-corrected chi connectivity index (χ2v) is 10.3. The molecule has 164 valence electrons. The molecule has 0 N–H and O–H groups in total. The van der Waals surface area contributed by atoms with Crippen molar-refractivity contribution in [2.24, 2.45) is 10.8 Å². The fourth-order valence-corrected chi connectivity index (χ4v) is 5.55. The van der Waals surface area contributed by atoms with Gasteiger partial charge in [-0.25, -0.2) is 0 Å². The molecule has 0 saturated heterocycles. The summed E-state index contributed by atoms with van der Waals surface area (Å²) in [6.45, 7) is 23.5. The zero-order chi connectivity index (χ0) is 18.6.